The summed E-state index contributed by atoms with van der Waals surface area (Å²) in [4.78, 5) is 53.6. The number of methoxy groups -OCH3 is 1. The Labute approximate surface area is 168 Å². The second-order valence-corrected chi connectivity index (χ2v) is 6.60. The Morgan fingerprint density at radius 2 is 2.00 bits per heavy atom. The van der Waals surface area contributed by atoms with Crippen LogP contribution in [0.3, 0.4) is 0 Å². The van der Waals surface area contributed by atoms with Gasteiger partial charge in [0.15, 0.2) is 5.78 Å². The second-order valence-electron chi connectivity index (χ2n) is 6.60. The van der Waals surface area contributed by atoms with Gasteiger partial charge in [0.1, 0.15) is 23.6 Å². The lowest BCUT2D eigenvalue weighted by molar-refractivity contribution is -0.131. The standard InChI is InChI=1S/C18H26N4O7/c1-4-11(16(24)14-9-28-14)20-15(23)7-19-17(25)13(8-27-3)21-18(26)12-6-5-10(2)29-22-12/h5,11,13-14H,4,6-9H2,1-3H3,(H,19,25)(H,20,23)(H,21,26)/t11-,13-,14?/m0/s1. The third-order valence-electron chi connectivity index (χ3n) is 4.26. The van der Waals surface area contributed by atoms with E-state index in [0.29, 0.717) is 18.8 Å². The number of allylic oxidation sites excluding steroid dienone is 2. The van der Waals surface area contributed by atoms with Gasteiger partial charge >= 0.3 is 0 Å². The number of Topliss-reactive ketones (excluding diaryl/α,β-unsaturated/α-hetero) is 1. The topological polar surface area (TPSA) is 148 Å². The molecule has 11 heteroatoms. The fourth-order valence-electron chi connectivity index (χ4n) is 2.51. The van der Waals surface area contributed by atoms with Gasteiger partial charge < -0.3 is 30.3 Å². The lowest BCUT2D eigenvalue weighted by Gasteiger charge is -2.19. The minimum absolute atomic E-state index is 0.0999. The first-order valence-corrected chi connectivity index (χ1v) is 9.28. The van der Waals surface area contributed by atoms with Crippen molar-refractivity contribution >= 4 is 29.2 Å². The highest BCUT2D eigenvalue weighted by atomic mass is 16.6. The van der Waals surface area contributed by atoms with Crippen molar-refractivity contribution in [2.75, 3.05) is 26.9 Å². The highest BCUT2D eigenvalue weighted by Gasteiger charge is 2.36. The summed E-state index contributed by atoms with van der Waals surface area (Å²) in [7, 11) is 1.38. The van der Waals surface area contributed by atoms with Gasteiger partial charge in [-0.15, -0.1) is 0 Å². The van der Waals surface area contributed by atoms with Crippen molar-refractivity contribution in [2.24, 2.45) is 5.16 Å². The molecule has 1 fully saturated rings. The Morgan fingerprint density at radius 1 is 1.28 bits per heavy atom. The van der Waals surface area contributed by atoms with Gasteiger partial charge in [0.05, 0.1) is 25.8 Å². The molecule has 0 saturated carbocycles. The molecule has 3 amide bonds. The largest absolute Gasteiger partial charge is 0.382 e. The molecule has 2 aliphatic heterocycles. The van der Waals surface area contributed by atoms with Crippen LogP contribution in [-0.4, -0.2) is 74.3 Å². The van der Waals surface area contributed by atoms with Crippen LogP contribution in [0.2, 0.25) is 0 Å². The summed E-state index contributed by atoms with van der Waals surface area (Å²) >= 11 is 0. The molecule has 11 nitrogen and oxygen atoms in total. The molecule has 3 atom stereocenters. The first-order chi connectivity index (χ1) is 13.8. The van der Waals surface area contributed by atoms with E-state index in [9.17, 15) is 19.2 Å². The van der Waals surface area contributed by atoms with Gasteiger partial charge in [-0.3, -0.25) is 19.2 Å². The second kappa shape index (κ2) is 10.7. The highest BCUT2D eigenvalue weighted by molar-refractivity contribution is 6.39. The number of carbonyl (C=O) groups excluding carboxylic acids is 4. The molecule has 2 rings (SSSR count). The number of amides is 3. The van der Waals surface area contributed by atoms with Crippen LogP contribution in [-0.2, 0) is 33.5 Å². The molecule has 0 radical (unpaired) electrons. The Hall–Kier alpha value is -2.79. The van der Waals surface area contributed by atoms with E-state index < -0.39 is 35.9 Å². The summed E-state index contributed by atoms with van der Waals surface area (Å²) in [5.41, 5.74) is 0.119. The first-order valence-electron chi connectivity index (χ1n) is 9.28. The highest BCUT2D eigenvalue weighted by Crippen LogP contribution is 2.13. The lowest BCUT2D eigenvalue weighted by atomic mass is 10.1. The summed E-state index contributed by atoms with van der Waals surface area (Å²) in [6.07, 6.45) is 1.93. The number of oxime groups is 1. The number of nitrogens with one attached hydrogen (secondary N) is 3. The molecule has 0 bridgehead atoms. The van der Waals surface area contributed by atoms with Crippen LogP contribution in [0.5, 0.6) is 0 Å². The van der Waals surface area contributed by atoms with Crippen LogP contribution in [0.4, 0.5) is 0 Å². The monoisotopic (exact) mass is 410 g/mol. The molecule has 0 aliphatic carbocycles. The quantitative estimate of drug-likeness (QED) is 0.362. The van der Waals surface area contributed by atoms with Crippen molar-refractivity contribution in [3.63, 3.8) is 0 Å². The number of ether oxygens (including phenoxy) is 2. The van der Waals surface area contributed by atoms with E-state index in [1.165, 1.54) is 7.11 Å². The summed E-state index contributed by atoms with van der Waals surface area (Å²) < 4.78 is 9.90. The minimum atomic E-state index is -1.03. The Morgan fingerprint density at radius 3 is 2.55 bits per heavy atom. The molecule has 0 aromatic carbocycles. The van der Waals surface area contributed by atoms with Crippen LogP contribution in [0.1, 0.15) is 26.7 Å². The zero-order valence-corrected chi connectivity index (χ0v) is 16.6. The molecule has 29 heavy (non-hydrogen) atoms. The van der Waals surface area contributed by atoms with Crippen LogP contribution in [0.15, 0.2) is 17.0 Å². The van der Waals surface area contributed by atoms with Gasteiger partial charge in [-0.2, -0.15) is 0 Å². The maximum absolute atomic E-state index is 12.4. The lowest BCUT2D eigenvalue weighted by Crippen LogP contribution is -2.53. The van der Waals surface area contributed by atoms with Crippen molar-refractivity contribution in [1.29, 1.82) is 0 Å². The molecule has 3 N–H and O–H groups in total. The normalized spacial score (nSPS) is 19.6. The molecule has 1 saturated heterocycles. The van der Waals surface area contributed by atoms with Crippen molar-refractivity contribution in [2.45, 2.75) is 44.9 Å². The van der Waals surface area contributed by atoms with E-state index in [2.05, 4.69) is 21.1 Å². The molecule has 2 aliphatic rings. The number of rotatable bonds is 11. The zero-order valence-electron chi connectivity index (χ0n) is 16.6. The third-order valence-corrected chi connectivity index (χ3v) is 4.26. The van der Waals surface area contributed by atoms with E-state index in [4.69, 9.17) is 14.3 Å². The van der Waals surface area contributed by atoms with Gasteiger partial charge in [0, 0.05) is 13.5 Å². The molecular weight excluding hydrogens is 384 g/mol. The summed E-state index contributed by atoms with van der Waals surface area (Å²) in [5.74, 6) is -1.31. The van der Waals surface area contributed by atoms with Gasteiger partial charge in [0.2, 0.25) is 11.8 Å². The van der Waals surface area contributed by atoms with Crippen LogP contribution in [0.25, 0.3) is 0 Å². The molecule has 2 heterocycles. The summed E-state index contributed by atoms with van der Waals surface area (Å²) in [5, 5.41) is 11.2. The maximum Gasteiger partial charge on any atom is 0.270 e. The third kappa shape index (κ3) is 6.95. The number of ketones is 1. The number of hydrogen-bond acceptors (Lipinski definition) is 8. The molecule has 0 aromatic heterocycles. The van der Waals surface area contributed by atoms with E-state index in [0.717, 1.165) is 0 Å². The van der Waals surface area contributed by atoms with Gasteiger partial charge in [-0.05, 0) is 19.4 Å². The SMILES string of the molecule is CC[C@H](NC(=O)CNC(=O)[C@H](COC)NC(=O)C1=NOC(C)=CC1)C(=O)C1CO1. The van der Waals surface area contributed by atoms with E-state index in [1.807, 2.05) is 0 Å². The molecule has 1 unspecified atom stereocenters. The van der Waals surface area contributed by atoms with E-state index in [-0.39, 0.29) is 31.1 Å². The Bertz CT molecular complexity index is 715. The maximum atomic E-state index is 12.4. The van der Waals surface area contributed by atoms with Crippen molar-refractivity contribution in [1.82, 2.24) is 16.0 Å². The van der Waals surface area contributed by atoms with E-state index in [1.54, 1.807) is 19.9 Å². The van der Waals surface area contributed by atoms with Crippen molar-refractivity contribution in [3.05, 3.63) is 11.8 Å². The van der Waals surface area contributed by atoms with Crippen LogP contribution in [0, 0.1) is 0 Å². The zero-order chi connectivity index (χ0) is 21.4. The average molecular weight is 410 g/mol. The van der Waals surface area contributed by atoms with Crippen LogP contribution >= 0.6 is 0 Å². The predicted octanol–water partition coefficient (Wildman–Crippen LogP) is -1.22. The first kappa shape index (κ1) is 22.5. The van der Waals surface area contributed by atoms with E-state index >= 15 is 0 Å². The van der Waals surface area contributed by atoms with Crippen molar-refractivity contribution < 1.29 is 33.5 Å². The van der Waals surface area contributed by atoms with Gasteiger partial charge in [-0.1, -0.05) is 12.1 Å². The summed E-state index contributed by atoms with van der Waals surface area (Å²) in [6.45, 7) is 3.39. The number of carbonyl (C=O) groups is 4. The van der Waals surface area contributed by atoms with Crippen LogP contribution < -0.4 is 16.0 Å². The molecule has 0 aromatic rings. The summed E-state index contributed by atoms with van der Waals surface area (Å²) in [6, 6.07) is -1.69. The van der Waals surface area contributed by atoms with Gasteiger partial charge in [-0.25, -0.2) is 0 Å². The van der Waals surface area contributed by atoms with Crippen molar-refractivity contribution in [3.8, 4) is 0 Å². The van der Waals surface area contributed by atoms with Gasteiger partial charge in [0.25, 0.3) is 5.91 Å². The number of hydrogen-bond donors (Lipinski definition) is 3. The smallest absolute Gasteiger partial charge is 0.270 e. The predicted molar refractivity (Wildman–Crippen MR) is 101 cm³/mol. The minimum Gasteiger partial charge on any atom is -0.382 e. The average Bonchev–Trinajstić information content (AvgIpc) is 3.55. The number of epoxide rings is 1. The number of nitrogens with zero attached hydrogens (tertiary/aromatic N) is 1. The fourth-order valence-corrected chi connectivity index (χ4v) is 2.51. The molecular formula is C18H26N4O7. The Kier molecular flexibility index (Phi) is 8.28. The molecule has 160 valence electrons. The molecule has 0 spiro atoms. The fraction of sp³-hybridized carbons (Fsp3) is 0.611. The Balaban J connectivity index is 1.82.